The maximum absolute atomic E-state index is 12.8. The van der Waals surface area contributed by atoms with E-state index in [1.807, 2.05) is 22.8 Å². The molecule has 0 saturated carbocycles. The molecule has 2 aromatic carbocycles. The smallest absolute Gasteiger partial charge is 0.276 e. The van der Waals surface area contributed by atoms with Gasteiger partial charge >= 0.3 is 0 Å². The number of ether oxygens (including phenoxy) is 2. The Hall–Kier alpha value is -3.85. The molecule has 0 bridgehead atoms. The molecule has 4 aromatic rings. The number of anilines is 2. The maximum atomic E-state index is 12.8. The monoisotopic (exact) mass is 436 g/mol. The largest absolute Gasteiger partial charge is 0.494 e. The van der Waals surface area contributed by atoms with Crippen molar-refractivity contribution in [1.29, 1.82) is 0 Å². The Bertz CT molecular complexity index is 1260. The summed E-state index contributed by atoms with van der Waals surface area (Å²) in [6.07, 6.45) is 1.69. The molecule has 0 aliphatic rings. The molecule has 0 atom stereocenters. The van der Waals surface area contributed by atoms with E-state index < -0.39 is 0 Å². The molecule has 0 radical (unpaired) electrons. The first kappa shape index (κ1) is 20.4. The van der Waals surface area contributed by atoms with E-state index in [1.54, 1.807) is 42.6 Å². The molecule has 0 aliphatic heterocycles. The van der Waals surface area contributed by atoms with Crippen LogP contribution in [0.5, 0.6) is 11.5 Å². The van der Waals surface area contributed by atoms with Gasteiger partial charge in [0.15, 0.2) is 4.96 Å². The van der Waals surface area contributed by atoms with Crippen molar-refractivity contribution in [2.45, 2.75) is 6.92 Å². The number of hydrogen-bond acceptors (Lipinski definition) is 6. The number of fused-ring (bicyclic) bond motifs is 1. The van der Waals surface area contributed by atoms with Gasteiger partial charge in [0, 0.05) is 35.0 Å². The minimum Gasteiger partial charge on any atom is -0.494 e. The number of nitrogens with one attached hydrogen (secondary N) is 2. The van der Waals surface area contributed by atoms with E-state index in [2.05, 4.69) is 15.6 Å². The summed E-state index contributed by atoms with van der Waals surface area (Å²) in [4.78, 5) is 30.4. The summed E-state index contributed by atoms with van der Waals surface area (Å²) in [5, 5.41) is 7.59. The molecular weight excluding hydrogens is 416 g/mol. The van der Waals surface area contributed by atoms with Crippen LogP contribution in [0.1, 0.15) is 26.5 Å². The fraction of sp³-hybridized carbons (Fsp3) is 0.136. The lowest BCUT2D eigenvalue weighted by Gasteiger charge is -2.16. The van der Waals surface area contributed by atoms with Crippen LogP contribution in [-0.2, 0) is 0 Å². The molecule has 8 nitrogen and oxygen atoms in total. The van der Waals surface area contributed by atoms with Crippen molar-refractivity contribution in [2.75, 3.05) is 24.9 Å². The lowest BCUT2D eigenvalue weighted by atomic mass is 10.2. The van der Waals surface area contributed by atoms with Gasteiger partial charge in [-0.15, -0.1) is 11.3 Å². The molecule has 0 unspecified atom stereocenters. The second-order valence-electron chi connectivity index (χ2n) is 6.68. The highest BCUT2D eigenvalue weighted by molar-refractivity contribution is 7.15. The van der Waals surface area contributed by atoms with E-state index in [9.17, 15) is 9.59 Å². The molecule has 2 heterocycles. The van der Waals surface area contributed by atoms with E-state index in [0.29, 0.717) is 28.4 Å². The molecule has 0 aliphatic carbocycles. The molecule has 31 heavy (non-hydrogen) atoms. The third kappa shape index (κ3) is 4.08. The summed E-state index contributed by atoms with van der Waals surface area (Å²) >= 11 is 1.46. The van der Waals surface area contributed by atoms with Gasteiger partial charge in [-0.05, 0) is 19.1 Å². The number of aromatic nitrogens is 2. The van der Waals surface area contributed by atoms with Gasteiger partial charge in [-0.2, -0.15) is 0 Å². The summed E-state index contributed by atoms with van der Waals surface area (Å²) in [5.41, 5.74) is 2.62. The number of methoxy groups -OCH3 is 2. The lowest BCUT2D eigenvalue weighted by Crippen LogP contribution is -2.15. The zero-order chi connectivity index (χ0) is 22.0. The first-order valence-electron chi connectivity index (χ1n) is 9.37. The molecule has 2 amide bonds. The number of aryl methyl sites for hydroxylation is 1. The van der Waals surface area contributed by atoms with E-state index >= 15 is 0 Å². The second-order valence-corrected chi connectivity index (χ2v) is 7.52. The summed E-state index contributed by atoms with van der Waals surface area (Å²) in [6.45, 7) is 1.95. The SMILES string of the molecule is COc1cc(NC(=O)c2cn3c(C)csc3n2)c(OC)cc1NC(=O)c1ccccc1. The first-order chi connectivity index (χ1) is 15.0. The zero-order valence-corrected chi connectivity index (χ0v) is 17.9. The van der Waals surface area contributed by atoms with Gasteiger partial charge in [-0.3, -0.25) is 14.0 Å². The van der Waals surface area contributed by atoms with E-state index in [0.717, 1.165) is 10.7 Å². The lowest BCUT2D eigenvalue weighted by molar-refractivity contribution is 0.101. The van der Waals surface area contributed by atoms with Crippen molar-refractivity contribution >= 4 is 39.5 Å². The quantitative estimate of drug-likeness (QED) is 0.472. The summed E-state index contributed by atoms with van der Waals surface area (Å²) < 4.78 is 12.7. The zero-order valence-electron chi connectivity index (χ0n) is 17.1. The van der Waals surface area contributed by atoms with E-state index in [-0.39, 0.29) is 17.5 Å². The number of carbonyl (C=O) groups is 2. The molecule has 0 saturated heterocycles. The minimum absolute atomic E-state index is 0.286. The Labute approximate surface area is 182 Å². The number of carbonyl (C=O) groups excluding carboxylic acids is 2. The van der Waals surface area contributed by atoms with Crippen molar-refractivity contribution in [3.05, 3.63) is 71.0 Å². The highest BCUT2D eigenvalue weighted by Crippen LogP contribution is 2.37. The fourth-order valence-electron chi connectivity index (χ4n) is 3.07. The van der Waals surface area contributed by atoms with Crippen LogP contribution in [0.2, 0.25) is 0 Å². The highest BCUT2D eigenvalue weighted by Gasteiger charge is 2.18. The highest BCUT2D eigenvalue weighted by atomic mass is 32.1. The number of rotatable bonds is 6. The first-order valence-corrected chi connectivity index (χ1v) is 10.2. The predicted molar refractivity (Wildman–Crippen MR) is 120 cm³/mol. The molecule has 4 rings (SSSR count). The number of amides is 2. The molecule has 0 spiro atoms. The van der Waals surface area contributed by atoms with E-state index in [1.165, 1.54) is 25.6 Å². The Balaban J connectivity index is 1.60. The third-order valence-electron chi connectivity index (χ3n) is 4.68. The van der Waals surface area contributed by atoms with Gasteiger partial charge in [0.25, 0.3) is 11.8 Å². The fourth-order valence-corrected chi connectivity index (χ4v) is 3.92. The summed E-state index contributed by atoms with van der Waals surface area (Å²) in [6, 6.07) is 12.0. The Morgan fingerprint density at radius 1 is 0.968 bits per heavy atom. The molecular formula is C22H20N4O4S. The van der Waals surface area contributed by atoms with Gasteiger partial charge in [-0.1, -0.05) is 18.2 Å². The standard InChI is InChI=1S/C22H20N4O4S/c1-13-12-31-22-25-17(11-26(13)22)21(28)24-16-10-18(29-2)15(9-19(16)30-3)23-20(27)14-7-5-4-6-8-14/h4-12H,1-3H3,(H,23,27)(H,24,28). The van der Waals surface area contributed by atoms with Crippen LogP contribution in [-0.4, -0.2) is 35.4 Å². The average Bonchev–Trinajstić information content (AvgIpc) is 3.37. The predicted octanol–water partition coefficient (Wildman–Crippen LogP) is 4.23. The number of nitrogens with zero attached hydrogens (tertiary/aromatic N) is 2. The Morgan fingerprint density at radius 3 is 2.16 bits per heavy atom. The number of imidazole rings is 1. The van der Waals surface area contributed by atoms with Crippen molar-refractivity contribution in [3.63, 3.8) is 0 Å². The molecule has 9 heteroatoms. The van der Waals surface area contributed by atoms with Crippen LogP contribution in [0.3, 0.4) is 0 Å². The number of benzene rings is 2. The van der Waals surface area contributed by atoms with Gasteiger partial charge in [0.2, 0.25) is 0 Å². The molecule has 2 N–H and O–H groups in total. The van der Waals surface area contributed by atoms with Crippen LogP contribution in [0.15, 0.2) is 54.0 Å². The van der Waals surface area contributed by atoms with Gasteiger partial charge in [0.05, 0.1) is 25.6 Å². The third-order valence-corrected chi connectivity index (χ3v) is 5.63. The summed E-state index contributed by atoms with van der Waals surface area (Å²) in [7, 11) is 2.97. The molecule has 2 aromatic heterocycles. The van der Waals surface area contributed by atoms with Crippen LogP contribution in [0.4, 0.5) is 11.4 Å². The minimum atomic E-state index is -0.378. The maximum Gasteiger partial charge on any atom is 0.276 e. The Morgan fingerprint density at radius 2 is 1.58 bits per heavy atom. The molecule has 158 valence electrons. The summed E-state index contributed by atoms with van der Waals surface area (Å²) in [5.74, 6) is 0.0830. The topological polar surface area (TPSA) is 94.0 Å². The second kappa shape index (κ2) is 8.49. The van der Waals surface area contributed by atoms with Gasteiger partial charge in [0.1, 0.15) is 17.2 Å². The van der Waals surface area contributed by atoms with Crippen molar-refractivity contribution < 1.29 is 19.1 Å². The average molecular weight is 436 g/mol. The van der Waals surface area contributed by atoms with Crippen LogP contribution >= 0.6 is 11.3 Å². The Kier molecular flexibility index (Phi) is 5.59. The molecule has 0 fully saturated rings. The number of thiazole rings is 1. The normalized spacial score (nSPS) is 10.7. The van der Waals surface area contributed by atoms with Gasteiger partial charge < -0.3 is 20.1 Å². The van der Waals surface area contributed by atoms with Crippen LogP contribution in [0.25, 0.3) is 4.96 Å². The number of hydrogen-bond donors (Lipinski definition) is 2. The van der Waals surface area contributed by atoms with Crippen molar-refractivity contribution in [1.82, 2.24) is 9.38 Å². The van der Waals surface area contributed by atoms with Gasteiger partial charge in [-0.25, -0.2) is 4.98 Å². The van der Waals surface area contributed by atoms with E-state index in [4.69, 9.17) is 9.47 Å². The van der Waals surface area contributed by atoms with Crippen LogP contribution < -0.4 is 20.1 Å². The van der Waals surface area contributed by atoms with Crippen molar-refractivity contribution in [3.8, 4) is 11.5 Å². The van der Waals surface area contributed by atoms with Crippen molar-refractivity contribution in [2.24, 2.45) is 0 Å². The van der Waals surface area contributed by atoms with Crippen LogP contribution in [0, 0.1) is 6.92 Å².